The number of aryl methyl sites for hydroxylation is 1. The fourth-order valence-electron chi connectivity index (χ4n) is 6.84. The van der Waals surface area contributed by atoms with Crippen LogP contribution < -0.4 is 0 Å². The van der Waals surface area contributed by atoms with Gasteiger partial charge in [-0.2, -0.15) is 0 Å². The summed E-state index contributed by atoms with van der Waals surface area (Å²) in [6.07, 6.45) is 22.4. The first-order valence-electron chi connectivity index (χ1n) is 16.9. The number of hydrogen-bond donors (Lipinski definition) is 0. The minimum absolute atomic E-state index is 0.0255. The van der Waals surface area contributed by atoms with Crippen molar-refractivity contribution in [2.24, 2.45) is 23.7 Å². The molecule has 3 unspecified atom stereocenters. The third-order valence-corrected chi connectivity index (χ3v) is 8.55. The Balaban J connectivity index is 0.00000206. The minimum atomic E-state index is -0.110. The highest BCUT2D eigenvalue weighted by Crippen LogP contribution is 2.39. The summed E-state index contributed by atoms with van der Waals surface area (Å²) in [4.78, 5) is 38.4. The Morgan fingerprint density at radius 1 is 0.953 bits per heavy atom. The molecule has 3 nitrogen and oxygen atoms in total. The minimum Gasteiger partial charge on any atom is -0.300 e. The smallest absolute Gasteiger partial charge is 0.163 e. The topological polar surface area (TPSA) is 51.2 Å². The van der Waals surface area contributed by atoms with E-state index in [1.54, 1.807) is 0 Å². The molecule has 0 N–H and O–H groups in total. The highest BCUT2D eigenvalue weighted by atomic mass is 16.1. The summed E-state index contributed by atoms with van der Waals surface area (Å²) in [5, 5.41) is 0. The van der Waals surface area contributed by atoms with Crippen LogP contribution in [0.5, 0.6) is 0 Å². The molecule has 2 aliphatic rings. The molecule has 3 rings (SSSR count). The van der Waals surface area contributed by atoms with Gasteiger partial charge in [0.25, 0.3) is 0 Å². The van der Waals surface area contributed by atoms with Gasteiger partial charge in [0.1, 0.15) is 11.6 Å². The summed E-state index contributed by atoms with van der Waals surface area (Å²) in [5.74, 6) is 1.16. The Kier molecular flexibility index (Phi) is 15.9. The molecular formula is C40H58O3. The van der Waals surface area contributed by atoms with E-state index in [0.29, 0.717) is 12.3 Å². The summed E-state index contributed by atoms with van der Waals surface area (Å²) in [6.45, 7) is 16.6. The van der Waals surface area contributed by atoms with E-state index in [1.165, 1.54) is 35.6 Å². The molecule has 0 amide bonds. The standard InChI is InChI=1S/C37H50O3.C3H8/c1-7-13-31(32(8-2)35(39)21-27(6)38)22-29-23-34-33(19-16-26(5)37(34)36(40)24-29)30-15-12-10-9-11-14-28(17-18-30)20-25(3)4;1-3-2/h9-12,16-19,25,29,31-32H,7-8,13-15,20-24H2,1-6H3;3H2,1-2H3/b11-9-,12-10-,28-17+,30-18+;. The Morgan fingerprint density at radius 2 is 1.63 bits per heavy atom. The van der Waals surface area contributed by atoms with Gasteiger partial charge in [-0.1, -0.05) is 115 Å². The molecule has 0 aliphatic heterocycles. The molecule has 1 aromatic carbocycles. The second-order valence-electron chi connectivity index (χ2n) is 13.2. The van der Waals surface area contributed by atoms with Crippen molar-refractivity contribution in [1.82, 2.24) is 0 Å². The van der Waals surface area contributed by atoms with E-state index in [1.807, 2.05) is 0 Å². The third kappa shape index (κ3) is 11.3. The van der Waals surface area contributed by atoms with Crippen molar-refractivity contribution >= 4 is 22.9 Å². The summed E-state index contributed by atoms with van der Waals surface area (Å²) >= 11 is 0. The summed E-state index contributed by atoms with van der Waals surface area (Å²) < 4.78 is 0. The molecule has 43 heavy (non-hydrogen) atoms. The van der Waals surface area contributed by atoms with E-state index in [0.717, 1.165) is 62.5 Å². The van der Waals surface area contributed by atoms with Crippen LogP contribution in [0.15, 0.2) is 54.2 Å². The van der Waals surface area contributed by atoms with Crippen molar-refractivity contribution in [1.29, 1.82) is 0 Å². The number of Topliss-reactive ketones (excluding diaryl/α,β-unsaturated/α-hetero) is 3. The van der Waals surface area contributed by atoms with Crippen molar-refractivity contribution in [3.05, 3.63) is 76.4 Å². The van der Waals surface area contributed by atoms with Gasteiger partial charge in [0.15, 0.2) is 5.78 Å². The number of hydrogen-bond acceptors (Lipinski definition) is 3. The highest BCUT2D eigenvalue weighted by Gasteiger charge is 2.34. The van der Waals surface area contributed by atoms with Gasteiger partial charge in [-0.25, -0.2) is 0 Å². The first-order valence-corrected chi connectivity index (χ1v) is 16.9. The van der Waals surface area contributed by atoms with Gasteiger partial charge >= 0.3 is 0 Å². The average Bonchev–Trinajstić information content (AvgIpc) is 2.92. The van der Waals surface area contributed by atoms with E-state index in [-0.39, 0.29) is 41.5 Å². The van der Waals surface area contributed by atoms with Crippen LogP contribution in [0.4, 0.5) is 0 Å². The first-order chi connectivity index (χ1) is 20.6. The molecule has 3 heteroatoms. The van der Waals surface area contributed by atoms with Crippen LogP contribution in [0, 0.1) is 30.6 Å². The van der Waals surface area contributed by atoms with Gasteiger partial charge in [0.2, 0.25) is 0 Å². The van der Waals surface area contributed by atoms with E-state index in [9.17, 15) is 14.4 Å². The van der Waals surface area contributed by atoms with Gasteiger partial charge < -0.3 is 0 Å². The molecule has 236 valence electrons. The van der Waals surface area contributed by atoms with Crippen LogP contribution in [-0.2, 0) is 16.0 Å². The summed E-state index contributed by atoms with van der Waals surface area (Å²) in [7, 11) is 0. The molecule has 1 aromatic rings. The van der Waals surface area contributed by atoms with Crippen molar-refractivity contribution in [3.63, 3.8) is 0 Å². The molecule has 0 aromatic heterocycles. The van der Waals surface area contributed by atoms with Gasteiger partial charge in [-0.05, 0) is 92.4 Å². The van der Waals surface area contributed by atoms with E-state index >= 15 is 0 Å². The molecule has 0 fully saturated rings. The zero-order valence-electron chi connectivity index (χ0n) is 28.4. The molecule has 0 saturated carbocycles. The van der Waals surface area contributed by atoms with E-state index in [2.05, 4.69) is 97.1 Å². The van der Waals surface area contributed by atoms with Crippen LogP contribution in [-0.4, -0.2) is 17.3 Å². The van der Waals surface area contributed by atoms with Crippen LogP contribution in [0.25, 0.3) is 5.57 Å². The molecular weight excluding hydrogens is 528 g/mol. The Morgan fingerprint density at radius 3 is 2.23 bits per heavy atom. The number of carbonyl (C=O) groups is 3. The molecule has 2 aliphatic carbocycles. The Labute approximate surface area is 263 Å². The summed E-state index contributed by atoms with van der Waals surface area (Å²) in [5.41, 5.74) is 7.03. The molecule has 0 spiro atoms. The number of ketones is 3. The quantitative estimate of drug-likeness (QED) is 0.229. The predicted molar refractivity (Wildman–Crippen MR) is 183 cm³/mol. The zero-order chi connectivity index (χ0) is 31.9. The number of fused-ring (bicyclic) bond motifs is 1. The Hall–Kier alpha value is -2.81. The fraction of sp³-hybridized carbons (Fsp3) is 0.575. The maximum atomic E-state index is 13.6. The number of allylic oxidation sites excluding steroid dienone is 8. The lowest BCUT2D eigenvalue weighted by Crippen LogP contribution is -2.30. The van der Waals surface area contributed by atoms with Crippen LogP contribution >= 0.6 is 0 Å². The van der Waals surface area contributed by atoms with E-state index in [4.69, 9.17) is 0 Å². The van der Waals surface area contributed by atoms with Gasteiger partial charge in [0.05, 0.1) is 6.42 Å². The maximum absolute atomic E-state index is 13.6. The van der Waals surface area contributed by atoms with Crippen molar-refractivity contribution in [2.45, 2.75) is 126 Å². The highest BCUT2D eigenvalue weighted by molar-refractivity contribution is 6.01. The third-order valence-electron chi connectivity index (χ3n) is 8.55. The fourth-order valence-corrected chi connectivity index (χ4v) is 6.84. The average molecular weight is 587 g/mol. The Bertz CT molecular complexity index is 1210. The lowest BCUT2D eigenvalue weighted by atomic mass is 9.71. The monoisotopic (exact) mass is 586 g/mol. The normalized spacial score (nSPS) is 22.1. The van der Waals surface area contributed by atoms with Crippen molar-refractivity contribution < 1.29 is 14.4 Å². The molecule has 0 radical (unpaired) electrons. The number of carbonyl (C=O) groups excluding carboxylic acids is 3. The van der Waals surface area contributed by atoms with Crippen LogP contribution in [0.1, 0.15) is 140 Å². The maximum Gasteiger partial charge on any atom is 0.163 e. The number of rotatable bonds is 12. The lowest BCUT2D eigenvalue weighted by molar-refractivity contribution is -0.129. The van der Waals surface area contributed by atoms with Crippen molar-refractivity contribution in [3.8, 4) is 0 Å². The number of benzene rings is 1. The van der Waals surface area contributed by atoms with Crippen molar-refractivity contribution in [2.75, 3.05) is 0 Å². The SMILES string of the molecule is CCC.CCCC(CC1CC(=O)c2c(C)ccc(/C3=C/C=C(/CC(C)C)C/C=C\C=C/C3)c2C1)C(CC)C(=O)CC(C)=O. The zero-order valence-corrected chi connectivity index (χ0v) is 28.4. The van der Waals surface area contributed by atoms with Crippen LogP contribution in [0.3, 0.4) is 0 Å². The van der Waals surface area contributed by atoms with Crippen LogP contribution in [0.2, 0.25) is 0 Å². The van der Waals surface area contributed by atoms with Gasteiger partial charge in [0, 0.05) is 17.9 Å². The van der Waals surface area contributed by atoms with Gasteiger partial charge in [-0.15, -0.1) is 0 Å². The second-order valence-corrected chi connectivity index (χ2v) is 13.2. The van der Waals surface area contributed by atoms with Gasteiger partial charge in [-0.3, -0.25) is 14.4 Å². The second kappa shape index (κ2) is 18.8. The predicted octanol–water partition coefficient (Wildman–Crippen LogP) is 10.8. The summed E-state index contributed by atoms with van der Waals surface area (Å²) in [6, 6.07) is 4.33. The van der Waals surface area contributed by atoms with E-state index < -0.39 is 0 Å². The largest absolute Gasteiger partial charge is 0.300 e. The first kappa shape index (κ1) is 36.4. The molecule has 0 heterocycles. The molecule has 3 atom stereocenters. The lowest BCUT2D eigenvalue weighted by Gasteiger charge is -2.33. The molecule has 0 saturated heterocycles. The molecule has 0 bridgehead atoms.